The number of nitrogens with zero attached hydrogens (tertiary/aromatic N) is 3. The predicted molar refractivity (Wildman–Crippen MR) is 110 cm³/mol. The summed E-state index contributed by atoms with van der Waals surface area (Å²) >= 11 is 0. The van der Waals surface area contributed by atoms with Crippen LogP contribution in [-0.4, -0.2) is 50.6 Å². The van der Waals surface area contributed by atoms with E-state index in [2.05, 4.69) is 10.3 Å². The number of carbonyl (C=O) groups is 2. The lowest BCUT2D eigenvalue weighted by molar-refractivity contribution is -0.162. The summed E-state index contributed by atoms with van der Waals surface area (Å²) in [4.78, 5) is 30.7. The number of rotatable bonds is 6. The molecule has 1 aliphatic carbocycles. The first-order valence-corrected chi connectivity index (χ1v) is 10.5. The number of aryl methyl sites for hydroxylation is 1. The van der Waals surface area contributed by atoms with Crippen molar-refractivity contribution in [3.8, 4) is 0 Å². The molecule has 160 valence electrons. The lowest BCUT2D eigenvalue weighted by Gasteiger charge is -2.40. The van der Waals surface area contributed by atoms with Crippen LogP contribution in [0.1, 0.15) is 43.2 Å². The molecule has 1 saturated heterocycles. The normalized spacial score (nSPS) is 22.5. The molecule has 8 heteroatoms. The average Bonchev–Trinajstić information content (AvgIpc) is 3.42. The van der Waals surface area contributed by atoms with Gasteiger partial charge in [-0.15, -0.1) is 0 Å². The maximum Gasteiger partial charge on any atom is 0.249 e. The molecule has 0 bridgehead atoms. The van der Waals surface area contributed by atoms with Crippen LogP contribution in [0.25, 0.3) is 0 Å². The van der Waals surface area contributed by atoms with E-state index < -0.39 is 12.1 Å². The van der Waals surface area contributed by atoms with Gasteiger partial charge in [0.2, 0.25) is 11.8 Å². The van der Waals surface area contributed by atoms with Crippen molar-refractivity contribution >= 4 is 17.5 Å². The van der Waals surface area contributed by atoms with Gasteiger partial charge in [-0.3, -0.25) is 9.59 Å². The fraction of sp³-hybridized carbons (Fsp3) is 0.500. The summed E-state index contributed by atoms with van der Waals surface area (Å²) in [7, 11) is 1.87. The number of hydrogen-bond acceptors (Lipinski definition) is 5. The van der Waals surface area contributed by atoms with Crippen molar-refractivity contribution in [3.05, 3.63) is 48.0 Å². The number of ether oxygens (including phenoxy) is 1. The van der Waals surface area contributed by atoms with Gasteiger partial charge in [0.25, 0.3) is 0 Å². The monoisotopic (exact) mass is 412 g/mol. The van der Waals surface area contributed by atoms with Crippen LogP contribution in [0, 0.1) is 5.92 Å². The summed E-state index contributed by atoms with van der Waals surface area (Å²) in [6, 6.07) is 6.94. The average molecular weight is 412 g/mol. The zero-order valence-electron chi connectivity index (χ0n) is 17.2. The molecule has 8 nitrogen and oxygen atoms in total. The van der Waals surface area contributed by atoms with Crippen LogP contribution in [0.2, 0.25) is 0 Å². The standard InChI is InChI=1S/C22H28N4O4/c1-25-11-10-23-19(25)12-26-18(13-27)21(30-14-20(26)28)15-6-8-17(9-7-15)24-22(29)16-4-2-3-5-16/h6-11,16,18,21,27H,2-5,12-14H2,1H3,(H,24,29)/t18-,21-/m1/s1. The van der Waals surface area contributed by atoms with Gasteiger partial charge in [-0.1, -0.05) is 25.0 Å². The van der Waals surface area contributed by atoms with Crippen LogP contribution in [0.15, 0.2) is 36.7 Å². The van der Waals surface area contributed by atoms with Crippen molar-refractivity contribution in [2.75, 3.05) is 18.5 Å². The number of aromatic nitrogens is 2. The van der Waals surface area contributed by atoms with Gasteiger partial charge in [0.05, 0.1) is 19.2 Å². The topological polar surface area (TPSA) is 96.7 Å². The molecule has 2 fully saturated rings. The summed E-state index contributed by atoms with van der Waals surface area (Å²) in [5.74, 6) is 0.756. The summed E-state index contributed by atoms with van der Waals surface area (Å²) in [5.41, 5.74) is 1.60. The van der Waals surface area contributed by atoms with Crippen molar-refractivity contribution in [1.29, 1.82) is 0 Å². The second-order valence-electron chi connectivity index (χ2n) is 8.05. The van der Waals surface area contributed by atoms with Gasteiger partial charge in [0, 0.05) is 31.0 Å². The molecule has 2 N–H and O–H groups in total. The maximum atomic E-state index is 12.5. The van der Waals surface area contributed by atoms with Gasteiger partial charge in [-0.05, 0) is 30.5 Å². The molecule has 0 unspecified atom stereocenters. The third-order valence-electron chi connectivity index (χ3n) is 6.11. The molecule has 1 aromatic heterocycles. The number of aliphatic hydroxyl groups excluding tert-OH is 1. The number of amides is 2. The molecule has 2 aliphatic rings. The fourth-order valence-corrected chi connectivity index (χ4v) is 4.31. The van der Waals surface area contributed by atoms with Crippen molar-refractivity contribution in [2.45, 2.75) is 44.4 Å². The largest absolute Gasteiger partial charge is 0.394 e. The van der Waals surface area contributed by atoms with E-state index in [4.69, 9.17) is 4.74 Å². The quantitative estimate of drug-likeness (QED) is 0.757. The number of morpholine rings is 1. The molecule has 30 heavy (non-hydrogen) atoms. The fourth-order valence-electron chi connectivity index (χ4n) is 4.31. The molecule has 1 saturated carbocycles. The Balaban J connectivity index is 1.47. The molecule has 4 rings (SSSR count). The van der Waals surface area contributed by atoms with Crippen molar-refractivity contribution < 1.29 is 19.4 Å². The van der Waals surface area contributed by atoms with Gasteiger partial charge in [-0.25, -0.2) is 4.98 Å². The first kappa shape index (κ1) is 20.6. The van der Waals surface area contributed by atoms with E-state index in [9.17, 15) is 14.7 Å². The van der Waals surface area contributed by atoms with E-state index in [1.165, 1.54) is 0 Å². The second-order valence-corrected chi connectivity index (χ2v) is 8.05. The van der Waals surface area contributed by atoms with E-state index in [1.807, 2.05) is 42.1 Å². The predicted octanol–water partition coefficient (Wildman–Crippen LogP) is 2.01. The highest BCUT2D eigenvalue weighted by Gasteiger charge is 2.37. The van der Waals surface area contributed by atoms with E-state index in [-0.39, 0.29) is 30.9 Å². The van der Waals surface area contributed by atoms with Crippen molar-refractivity contribution in [2.24, 2.45) is 13.0 Å². The van der Waals surface area contributed by atoms with Crippen LogP contribution >= 0.6 is 0 Å². The zero-order chi connectivity index (χ0) is 21.1. The highest BCUT2D eigenvalue weighted by Crippen LogP contribution is 2.31. The zero-order valence-corrected chi connectivity index (χ0v) is 17.2. The molecular formula is C22H28N4O4. The Morgan fingerprint density at radius 2 is 2.00 bits per heavy atom. The van der Waals surface area contributed by atoms with Crippen molar-refractivity contribution in [3.63, 3.8) is 0 Å². The number of anilines is 1. The molecule has 2 heterocycles. The number of carbonyl (C=O) groups excluding carboxylic acids is 2. The van der Waals surface area contributed by atoms with Crippen LogP contribution in [-0.2, 0) is 27.9 Å². The SMILES string of the molecule is Cn1ccnc1CN1C(=O)CO[C@H](c2ccc(NC(=O)C3CCCC3)cc2)[C@H]1CO. The minimum absolute atomic E-state index is 0.0498. The minimum atomic E-state index is -0.512. The Morgan fingerprint density at radius 3 is 2.63 bits per heavy atom. The van der Waals surface area contributed by atoms with Gasteiger partial charge in [0.1, 0.15) is 18.5 Å². The van der Waals surface area contributed by atoms with Gasteiger partial charge >= 0.3 is 0 Å². The summed E-state index contributed by atoms with van der Waals surface area (Å²) in [6.07, 6.45) is 7.20. The van der Waals surface area contributed by atoms with Crippen LogP contribution < -0.4 is 5.32 Å². The molecule has 1 aromatic carbocycles. The Labute approximate surface area is 175 Å². The molecule has 0 spiro atoms. The number of aliphatic hydroxyl groups is 1. The highest BCUT2D eigenvalue weighted by molar-refractivity contribution is 5.92. The van der Waals surface area contributed by atoms with E-state index in [0.29, 0.717) is 6.54 Å². The van der Waals surface area contributed by atoms with E-state index in [0.717, 1.165) is 42.8 Å². The van der Waals surface area contributed by atoms with E-state index in [1.54, 1.807) is 11.1 Å². The number of nitrogens with one attached hydrogen (secondary N) is 1. The lowest BCUT2D eigenvalue weighted by atomic mass is 9.99. The molecular weight excluding hydrogens is 384 g/mol. The highest BCUT2D eigenvalue weighted by atomic mass is 16.5. The van der Waals surface area contributed by atoms with Gasteiger partial charge in [-0.2, -0.15) is 0 Å². The molecule has 0 radical (unpaired) electrons. The summed E-state index contributed by atoms with van der Waals surface area (Å²) < 4.78 is 7.65. The number of benzene rings is 1. The smallest absolute Gasteiger partial charge is 0.249 e. The first-order valence-electron chi connectivity index (χ1n) is 10.5. The Bertz CT molecular complexity index is 889. The Hall–Kier alpha value is -2.71. The third-order valence-corrected chi connectivity index (χ3v) is 6.11. The van der Waals surface area contributed by atoms with Crippen LogP contribution in [0.4, 0.5) is 5.69 Å². The summed E-state index contributed by atoms with van der Waals surface area (Å²) in [5, 5.41) is 13.0. The maximum absolute atomic E-state index is 12.5. The Kier molecular flexibility index (Phi) is 6.15. The molecule has 2 amide bonds. The van der Waals surface area contributed by atoms with Crippen LogP contribution in [0.5, 0.6) is 0 Å². The lowest BCUT2D eigenvalue weighted by Crippen LogP contribution is -2.52. The van der Waals surface area contributed by atoms with Gasteiger partial charge < -0.3 is 24.6 Å². The third kappa shape index (κ3) is 4.24. The number of hydrogen-bond donors (Lipinski definition) is 2. The summed E-state index contributed by atoms with van der Waals surface area (Å²) in [6.45, 7) is 0.0374. The Morgan fingerprint density at radius 1 is 1.27 bits per heavy atom. The van der Waals surface area contributed by atoms with Gasteiger partial charge in [0.15, 0.2) is 0 Å². The molecule has 2 aromatic rings. The first-order chi connectivity index (χ1) is 14.6. The number of imidazole rings is 1. The van der Waals surface area contributed by atoms with Crippen LogP contribution in [0.3, 0.4) is 0 Å². The minimum Gasteiger partial charge on any atom is -0.394 e. The van der Waals surface area contributed by atoms with Crippen molar-refractivity contribution in [1.82, 2.24) is 14.5 Å². The van der Waals surface area contributed by atoms with E-state index >= 15 is 0 Å². The second kappa shape index (κ2) is 8.97. The molecule has 2 atom stereocenters. The molecule has 1 aliphatic heterocycles.